The Morgan fingerprint density at radius 1 is 1.14 bits per heavy atom. The minimum Gasteiger partial charge on any atom is -0.256 e. The van der Waals surface area contributed by atoms with E-state index in [9.17, 15) is 0 Å². The summed E-state index contributed by atoms with van der Waals surface area (Å²) in [5.41, 5.74) is 4.15. The summed E-state index contributed by atoms with van der Waals surface area (Å²) in [5.74, 6) is 0. The molecule has 0 saturated carbocycles. The zero-order valence-corrected chi connectivity index (χ0v) is 15.6. The summed E-state index contributed by atoms with van der Waals surface area (Å²) in [6, 6.07) is 19.3. The van der Waals surface area contributed by atoms with Gasteiger partial charge in [0.2, 0.25) is 0 Å². The molecule has 22 heavy (non-hydrogen) atoms. The monoisotopic (exact) mass is 359 g/mol. The standard InChI is InChI=1S/C18H15N2.B.Y/c1-14(15-8-4-3-5-9-15)12-18-16-10-6-7-11-17(16)19-13-20(18)2;;/h3-8,10-11,13H,1-2H3;;/q-1;;. The molecule has 0 N–H and O–H groups in total. The Morgan fingerprint density at radius 3 is 2.59 bits per heavy atom. The van der Waals surface area contributed by atoms with Gasteiger partial charge in [-0.15, -0.1) is 12.1 Å². The number of aromatic nitrogens is 2. The Hall–Kier alpha value is -1.31. The molecule has 4 heteroatoms. The summed E-state index contributed by atoms with van der Waals surface area (Å²) in [4.78, 5) is 4.43. The van der Waals surface area contributed by atoms with Gasteiger partial charge in [0.25, 0.3) is 6.33 Å². The molecule has 2 nitrogen and oxygen atoms in total. The van der Waals surface area contributed by atoms with Gasteiger partial charge in [-0.1, -0.05) is 24.0 Å². The number of aryl methyl sites for hydroxylation is 1. The predicted octanol–water partition coefficient (Wildman–Crippen LogP) is 2.73. The molecule has 0 aliphatic rings. The number of rotatable bonds is 2. The molecule has 3 aromatic rings. The molecule has 0 spiro atoms. The number of benzene rings is 2. The first-order valence-corrected chi connectivity index (χ1v) is 6.57. The van der Waals surface area contributed by atoms with Gasteiger partial charge in [-0.3, -0.25) is 4.57 Å². The van der Waals surface area contributed by atoms with Crippen LogP contribution >= 0.6 is 0 Å². The fourth-order valence-corrected chi connectivity index (χ4v) is 2.21. The Balaban J connectivity index is 0.00000121. The minimum absolute atomic E-state index is 0. The normalized spacial score (nSPS) is 10.7. The van der Waals surface area contributed by atoms with E-state index in [1.54, 1.807) is 0 Å². The summed E-state index contributed by atoms with van der Waals surface area (Å²) in [5, 5.41) is 1.10. The van der Waals surface area contributed by atoms with Gasteiger partial charge < -0.3 is 0 Å². The second-order valence-corrected chi connectivity index (χ2v) is 4.75. The van der Waals surface area contributed by atoms with E-state index in [0.717, 1.165) is 27.7 Å². The van der Waals surface area contributed by atoms with Crippen molar-refractivity contribution >= 4 is 24.9 Å². The Bertz CT molecular complexity index is 785. The van der Waals surface area contributed by atoms with Crippen LogP contribution in [0.2, 0.25) is 0 Å². The van der Waals surface area contributed by atoms with Gasteiger partial charge in [-0.05, 0) is 11.5 Å². The molecular weight excluding hydrogens is 344 g/mol. The van der Waals surface area contributed by atoms with Crippen molar-refractivity contribution in [2.24, 2.45) is 7.05 Å². The molecule has 0 unspecified atom stereocenters. The Morgan fingerprint density at radius 2 is 1.86 bits per heavy atom. The van der Waals surface area contributed by atoms with E-state index in [1.807, 2.05) is 60.4 Å². The van der Waals surface area contributed by atoms with E-state index in [0.29, 0.717) is 0 Å². The van der Waals surface area contributed by atoms with Gasteiger partial charge in [0.15, 0.2) is 0 Å². The first-order valence-electron chi connectivity index (χ1n) is 6.57. The van der Waals surface area contributed by atoms with Crippen molar-refractivity contribution in [2.75, 3.05) is 0 Å². The molecule has 0 fully saturated rings. The molecule has 4 radical (unpaired) electrons. The molecule has 3 rings (SSSR count). The first-order chi connectivity index (χ1) is 9.75. The third-order valence-electron chi connectivity index (χ3n) is 3.30. The molecular formula is C18H15BN2Y-. The van der Waals surface area contributed by atoms with Crippen LogP contribution in [0.15, 0.2) is 54.9 Å². The van der Waals surface area contributed by atoms with Crippen LogP contribution in [0.25, 0.3) is 16.5 Å². The summed E-state index contributed by atoms with van der Waals surface area (Å²) in [6.45, 7) is 2.06. The average Bonchev–Trinajstić information content (AvgIpc) is 2.51. The number of hydrogen-bond donors (Lipinski definition) is 0. The zero-order valence-electron chi connectivity index (χ0n) is 12.7. The van der Waals surface area contributed by atoms with Crippen molar-refractivity contribution in [3.05, 3.63) is 78.3 Å². The number of allylic oxidation sites excluding steroid dienone is 1. The second-order valence-electron chi connectivity index (χ2n) is 4.75. The van der Waals surface area contributed by atoms with E-state index < -0.39 is 0 Å². The topological polar surface area (TPSA) is 16.8 Å². The fraction of sp³-hybridized carbons (Fsp3) is 0.111. The third-order valence-corrected chi connectivity index (χ3v) is 3.30. The van der Waals surface area contributed by atoms with Gasteiger partial charge in [0.05, 0.1) is 7.05 Å². The quantitative estimate of drug-likeness (QED) is 0.391. The van der Waals surface area contributed by atoms with Crippen molar-refractivity contribution in [2.45, 2.75) is 6.92 Å². The molecule has 0 atom stereocenters. The molecule has 0 bridgehead atoms. The van der Waals surface area contributed by atoms with E-state index in [2.05, 4.69) is 30.1 Å². The minimum atomic E-state index is 0. The summed E-state index contributed by atoms with van der Waals surface area (Å²) < 4.78 is 1.99. The summed E-state index contributed by atoms with van der Waals surface area (Å²) in [6.07, 6.45) is 5.30. The molecule has 0 saturated heterocycles. The first kappa shape index (κ1) is 18.7. The Labute approximate surface area is 158 Å². The van der Waals surface area contributed by atoms with Crippen LogP contribution in [0.5, 0.6) is 0 Å². The molecule has 0 amide bonds. The third kappa shape index (κ3) is 3.91. The van der Waals surface area contributed by atoms with Crippen molar-refractivity contribution in [1.29, 1.82) is 0 Å². The van der Waals surface area contributed by atoms with E-state index in [4.69, 9.17) is 0 Å². The van der Waals surface area contributed by atoms with Crippen LogP contribution in [-0.4, -0.2) is 13.4 Å². The summed E-state index contributed by atoms with van der Waals surface area (Å²) >= 11 is 0. The predicted molar refractivity (Wildman–Crippen MR) is 85.4 cm³/mol. The van der Waals surface area contributed by atoms with E-state index >= 15 is 0 Å². The van der Waals surface area contributed by atoms with Crippen molar-refractivity contribution in [3.8, 4) is 0 Å². The number of hydrogen-bond acceptors (Lipinski definition) is 1. The maximum absolute atomic E-state index is 4.43. The number of nitrogens with zero attached hydrogens (tertiary/aromatic N) is 2. The second kappa shape index (κ2) is 8.36. The average molecular weight is 359 g/mol. The van der Waals surface area contributed by atoms with E-state index in [-0.39, 0.29) is 41.1 Å². The van der Waals surface area contributed by atoms with Crippen molar-refractivity contribution < 1.29 is 37.3 Å². The maximum atomic E-state index is 4.43. The van der Waals surface area contributed by atoms with Crippen LogP contribution in [0.4, 0.5) is 0 Å². The van der Waals surface area contributed by atoms with Crippen molar-refractivity contribution in [1.82, 2.24) is 4.98 Å². The fourth-order valence-electron chi connectivity index (χ4n) is 2.21. The van der Waals surface area contributed by atoms with Crippen molar-refractivity contribution in [3.63, 3.8) is 0 Å². The van der Waals surface area contributed by atoms with Crippen LogP contribution in [0.3, 0.4) is 0 Å². The number of fused-ring (bicyclic) bond motifs is 1. The molecule has 1 aromatic heterocycles. The SMILES string of the molecule is CC(=[C-]c1c2ccccc2nc[n+]1C)c1[c-]cccc1.[B].[Y]. The van der Waals surface area contributed by atoms with Gasteiger partial charge in [-0.25, -0.2) is 17.2 Å². The van der Waals surface area contributed by atoms with Gasteiger partial charge in [0.1, 0.15) is 5.52 Å². The summed E-state index contributed by atoms with van der Waals surface area (Å²) in [7, 11) is 1.99. The van der Waals surface area contributed by atoms with Crippen LogP contribution in [0.1, 0.15) is 18.2 Å². The Kier molecular flexibility index (Phi) is 7.12. The maximum Gasteiger partial charge on any atom is 0.283 e. The van der Waals surface area contributed by atoms with E-state index in [1.165, 1.54) is 0 Å². The molecule has 104 valence electrons. The largest absolute Gasteiger partial charge is 0.283 e. The zero-order chi connectivity index (χ0) is 13.9. The number of para-hydroxylation sites is 1. The van der Waals surface area contributed by atoms with Gasteiger partial charge >= 0.3 is 0 Å². The van der Waals surface area contributed by atoms with Gasteiger partial charge in [-0.2, -0.15) is 24.3 Å². The molecule has 0 aliphatic carbocycles. The molecule has 0 aliphatic heterocycles. The molecule has 2 aromatic carbocycles. The molecule has 1 heterocycles. The smallest absolute Gasteiger partial charge is 0.256 e. The van der Waals surface area contributed by atoms with Crippen LogP contribution in [0, 0.1) is 12.1 Å². The van der Waals surface area contributed by atoms with Gasteiger partial charge in [0, 0.05) is 46.8 Å². The van der Waals surface area contributed by atoms with Crippen LogP contribution in [-0.2, 0) is 39.8 Å². The van der Waals surface area contributed by atoms with Crippen LogP contribution < -0.4 is 4.57 Å².